The molecule has 21 heavy (non-hydrogen) atoms. The van der Waals surface area contributed by atoms with Crippen molar-refractivity contribution in [2.45, 2.75) is 19.0 Å². The van der Waals surface area contributed by atoms with Gasteiger partial charge in [0.25, 0.3) is 0 Å². The normalized spacial score (nSPS) is 17.6. The van der Waals surface area contributed by atoms with Crippen molar-refractivity contribution in [3.63, 3.8) is 0 Å². The van der Waals surface area contributed by atoms with E-state index in [1.165, 1.54) is 4.90 Å². The van der Waals surface area contributed by atoms with Crippen LogP contribution in [0.3, 0.4) is 0 Å². The summed E-state index contributed by atoms with van der Waals surface area (Å²) in [6.45, 7) is 1.21. The highest BCUT2D eigenvalue weighted by Crippen LogP contribution is 2.35. The number of alkyl halides is 3. The molecule has 0 spiro atoms. The summed E-state index contributed by atoms with van der Waals surface area (Å²) >= 11 is 3.15. The number of aryl methyl sites for hydroxylation is 1. The van der Waals surface area contributed by atoms with Gasteiger partial charge in [0.15, 0.2) is 0 Å². The Hall–Kier alpha value is -1.01. The van der Waals surface area contributed by atoms with Crippen molar-refractivity contribution in [2.75, 3.05) is 26.3 Å². The number of ether oxygens (including phenoxy) is 1. The Balaban J connectivity index is 2.13. The van der Waals surface area contributed by atoms with E-state index in [4.69, 9.17) is 4.74 Å². The number of benzene rings is 1. The minimum Gasteiger partial charge on any atom is -0.378 e. The van der Waals surface area contributed by atoms with E-state index in [9.17, 15) is 13.2 Å². The molecular weight excluding hydrogens is 347 g/mol. The average molecular weight is 364 g/mol. The van der Waals surface area contributed by atoms with Gasteiger partial charge in [0.1, 0.15) is 5.70 Å². The first kappa shape index (κ1) is 16.4. The maximum absolute atomic E-state index is 13.3. The van der Waals surface area contributed by atoms with Crippen molar-refractivity contribution in [3.8, 4) is 0 Å². The highest BCUT2D eigenvalue weighted by Gasteiger charge is 2.40. The molecule has 0 bridgehead atoms. The van der Waals surface area contributed by atoms with E-state index in [2.05, 4.69) is 15.9 Å². The van der Waals surface area contributed by atoms with Gasteiger partial charge in [0.05, 0.1) is 13.2 Å². The lowest BCUT2D eigenvalue weighted by Crippen LogP contribution is -2.40. The van der Waals surface area contributed by atoms with Crippen molar-refractivity contribution in [3.05, 3.63) is 46.1 Å². The van der Waals surface area contributed by atoms with Gasteiger partial charge in [0, 0.05) is 17.6 Å². The predicted octanol–water partition coefficient (Wildman–Crippen LogP) is 4.12. The molecule has 1 aliphatic rings. The third kappa shape index (κ3) is 4.74. The molecule has 1 fully saturated rings. The molecule has 1 aliphatic heterocycles. The smallest absolute Gasteiger partial charge is 0.378 e. The van der Waals surface area contributed by atoms with Crippen molar-refractivity contribution < 1.29 is 17.9 Å². The van der Waals surface area contributed by atoms with Crippen molar-refractivity contribution in [1.82, 2.24) is 4.90 Å². The predicted molar refractivity (Wildman–Crippen MR) is 79.2 cm³/mol. The van der Waals surface area contributed by atoms with Crippen molar-refractivity contribution in [2.24, 2.45) is 0 Å². The van der Waals surface area contributed by atoms with Crippen LogP contribution in [0.15, 0.2) is 40.5 Å². The molecule has 0 aromatic heterocycles. The molecule has 2 rings (SSSR count). The Morgan fingerprint density at radius 1 is 1.14 bits per heavy atom. The Bertz CT molecular complexity index is 481. The number of allylic oxidation sites excluding steroid dienone is 2. The second-order valence-corrected chi connectivity index (χ2v) is 5.79. The van der Waals surface area contributed by atoms with E-state index < -0.39 is 11.9 Å². The van der Waals surface area contributed by atoms with Crippen LogP contribution in [0.2, 0.25) is 0 Å². The van der Waals surface area contributed by atoms with Gasteiger partial charge < -0.3 is 9.64 Å². The van der Waals surface area contributed by atoms with Crippen LogP contribution in [0.4, 0.5) is 13.2 Å². The molecule has 0 aliphatic carbocycles. The molecule has 2 nitrogen and oxygen atoms in total. The Labute approximate surface area is 130 Å². The third-order valence-corrected chi connectivity index (χ3v) is 4.10. The molecule has 1 aromatic carbocycles. The van der Waals surface area contributed by atoms with Crippen molar-refractivity contribution >= 4 is 15.9 Å². The number of rotatable bonds is 4. The molecule has 0 atom stereocenters. The summed E-state index contributed by atoms with van der Waals surface area (Å²) < 4.78 is 45.3. The van der Waals surface area contributed by atoms with Crippen LogP contribution < -0.4 is 0 Å². The van der Waals surface area contributed by atoms with E-state index in [1.54, 1.807) is 0 Å². The number of nitrogens with zero attached hydrogens (tertiary/aromatic N) is 1. The van der Waals surface area contributed by atoms with Crippen LogP contribution in [0.25, 0.3) is 0 Å². The molecule has 0 saturated carbocycles. The second kappa shape index (κ2) is 7.31. The van der Waals surface area contributed by atoms with Gasteiger partial charge in [-0.2, -0.15) is 13.2 Å². The van der Waals surface area contributed by atoms with E-state index >= 15 is 0 Å². The molecule has 1 aromatic rings. The molecule has 116 valence electrons. The quantitative estimate of drug-likeness (QED) is 0.797. The Morgan fingerprint density at radius 2 is 1.76 bits per heavy atom. The van der Waals surface area contributed by atoms with Gasteiger partial charge in [-0.15, -0.1) is 0 Å². The summed E-state index contributed by atoms with van der Waals surface area (Å²) in [5, 5.41) is 0. The molecule has 0 amide bonds. The lowest BCUT2D eigenvalue weighted by atomic mass is 10.1. The molecule has 1 saturated heterocycles. The van der Waals surface area contributed by atoms with Crippen molar-refractivity contribution in [1.29, 1.82) is 0 Å². The molecule has 0 radical (unpaired) electrons. The fourth-order valence-corrected chi connectivity index (χ4v) is 2.98. The number of halogens is 4. The van der Waals surface area contributed by atoms with E-state index in [1.807, 2.05) is 30.3 Å². The van der Waals surface area contributed by atoms with Crippen LogP contribution in [-0.4, -0.2) is 37.4 Å². The van der Waals surface area contributed by atoms with Crippen LogP contribution in [0, 0.1) is 0 Å². The van der Waals surface area contributed by atoms with Gasteiger partial charge in [-0.05, 0) is 18.4 Å². The van der Waals surface area contributed by atoms with E-state index in [-0.39, 0.29) is 17.6 Å². The zero-order valence-electron chi connectivity index (χ0n) is 11.5. The summed E-state index contributed by atoms with van der Waals surface area (Å²) in [5.74, 6) is 0. The SMILES string of the molecule is FC(F)(F)/C(=C(\Br)CCc1ccccc1)N1CCOCC1. The summed E-state index contributed by atoms with van der Waals surface area (Å²) in [6.07, 6.45) is -3.45. The lowest BCUT2D eigenvalue weighted by molar-refractivity contribution is -0.118. The van der Waals surface area contributed by atoms with Crippen LogP contribution >= 0.6 is 15.9 Å². The second-order valence-electron chi connectivity index (χ2n) is 4.84. The maximum Gasteiger partial charge on any atom is 0.431 e. The zero-order valence-corrected chi connectivity index (χ0v) is 13.1. The molecule has 1 heterocycles. The zero-order chi connectivity index (χ0) is 15.3. The van der Waals surface area contributed by atoms with Gasteiger partial charge in [-0.25, -0.2) is 0 Å². The third-order valence-electron chi connectivity index (χ3n) is 3.33. The van der Waals surface area contributed by atoms with Crippen LogP contribution in [0.5, 0.6) is 0 Å². The van der Waals surface area contributed by atoms with Gasteiger partial charge >= 0.3 is 6.18 Å². The fraction of sp³-hybridized carbons (Fsp3) is 0.467. The Kier molecular flexibility index (Phi) is 5.70. The van der Waals surface area contributed by atoms with Gasteiger partial charge in [-0.1, -0.05) is 46.3 Å². The minimum atomic E-state index is -4.35. The highest BCUT2D eigenvalue weighted by atomic mass is 79.9. The van der Waals surface area contributed by atoms with E-state index in [0.29, 0.717) is 26.1 Å². The highest BCUT2D eigenvalue weighted by molar-refractivity contribution is 9.11. The maximum atomic E-state index is 13.3. The fourth-order valence-electron chi connectivity index (χ4n) is 2.31. The number of hydrogen-bond donors (Lipinski definition) is 0. The van der Waals surface area contributed by atoms with Gasteiger partial charge in [-0.3, -0.25) is 0 Å². The first-order valence-corrected chi connectivity index (χ1v) is 7.60. The summed E-state index contributed by atoms with van der Waals surface area (Å²) in [5.41, 5.74) is 0.458. The van der Waals surface area contributed by atoms with Crippen LogP contribution in [0.1, 0.15) is 12.0 Å². The minimum absolute atomic E-state index is 0.209. The monoisotopic (exact) mass is 363 g/mol. The first-order chi connectivity index (χ1) is 9.98. The lowest BCUT2D eigenvalue weighted by Gasteiger charge is -2.33. The summed E-state index contributed by atoms with van der Waals surface area (Å²) in [4.78, 5) is 1.36. The van der Waals surface area contributed by atoms with E-state index in [0.717, 1.165) is 5.56 Å². The summed E-state index contributed by atoms with van der Waals surface area (Å²) in [7, 11) is 0. The average Bonchev–Trinajstić information content (AvgIpc) is 2.46. The number of morpholine rings is 1. The first-order valence-electron chi connectivity index (χ1n) is 6.81. The standard InChI is InChI=1S/C15H17BrF3NO/c16-13(7-6-12-4-2-1-3-5-12)14(15(17,18)19)20-8-10-21-11-9-20/h1-5H,6-11H2/b14-13+. The summed E-state index contributed by atoms with van der Waals surface area (Å²) in [6, 6.07) is 9.51. The number of hydrogen-bond acceptors (Lipinski definition) is 2. The topological polar surface area (TPSA) is 12.5 Å². The molecule has 0 N–H and O–H groups in total. The largest absolute Gasteiger partial charge is 0.431 e. The molecule has 6 heteroatoms. The molecular formula is C15H17BrF3NO. The molecule has 0 unspecified atom stereocenters. The van der Waals surface area contributed by atoms with Gasteiger partial charge in [0.2, 0.25) is 0 Å². The Morgan fingerprint density at radius 3 is 2.33 bits per heavy atom. The van der Waals surface area contributed by atoms with Crippen LogP contribution in [-0.2, 0) is 11.2 Å².